The molecule has 0 saturated carbocycles. The minimum absolute atomic E-state index is 0.205. The molecular formula is C22H31N5O2S. The Labute approximate surface area is 182 Å². The van der Waals surface area contributed by atoms with Gasteiger partial charge < -0.3 is 9.84 Å². The summed E-state index contributed by atoms with van der Waals surface area (Å²) >= 11 is 1.76. The second-order valence-electron chi connectivity index (χ2n) is 7.71. The summed E-state index contributed by atoms with van der Waals surface area (Å²) in [5.74, 6) is 0.440. The number of carbonyl (C=O) groups excluding carboxylic acids is 1. The van der Waals surface area contributed by atoms with Crippen LogP contribution in [-0.4, -0.2) is 44.9 Å². The Morgan fingerprint density at radius 3 is 2.80 bits per heavy atom. The zero-order valence-corrected chi connectivity index (χ0v) is 19.3. The molecule has 1 atom stereocenters. The van der Waals surface area contributed by atoms with Gasteiger partial charge in [-0.25, -0.2) is 0 Å². The van der Waals surface area contributed by atoms with E-state index in [0.29, 0.717) is 30.6 Å². The Morgan fingerprint density at radius 2 is 2.17 bits per heavy atom. The first-order valence-corrected chi connectivity index (χ1v) is 11.3. The van der Waals surface area contributed by atoms with Gasteiger partial charge in [0.2, 0.25) is 0 Å². The molecule has 0 saturated heterocycles. The summed E-state index contributed by atoms with van der Waals surface area (Å²) in [6, 6.07) is 6.69. The van der Waals surface area contributed by atoms with Crippen molar-refractivity contribution in [3.05, 3.63) is 56.9 Å². The molecule has 0 radical (unpaired) electrons. The SMILES string of the molecule is CC[C@H](C)N(CCNC(=O)c1noc(C)c1Cn1nc(C)cc1C)Cc1cccs1. The van der Waals surface area contributed by atoms with Gasteiger partial charge in [0, 0.05) is 41.8 Å². The maximum Gasteiger partial charge on any atom is 0.273 e. The Bertz CT molecular complexity index is 961. The van der Waals surface area contributed by atoms with Crippen molar-refractivity contribution in [1.29, 1.82) is 0 Å². The number of rotatable bonds is 10. The van der Waals surface area contributed by atoms with Crippen molar-refractivity contribution in [1.82, 2.24) is 25.2 Å². The molecule has 3 heterocycles. The Kier molecular flexibility index (Phi) is 7.44. The molecule has 0 bridgehead atoms. The van der Waals surface area contributed by atoms with Gasteiger partial charge in [0.15, 0.2) is 5.69 Å². The molecule has 0 fully saturated rings. The van der Waals surface area contributed by atoms with Crippen molar-refractivity contribution < 1.29 is 9.32 Å². The van der Waals surface area contributed by atoms with Crippen molar-refractivity contribution in [2.24, 2.45) is 0 Å². The molecular weight excluding hydrogens is 398 g/mol. The molecule has 8 heteroatoms. The number of aryl methyl sites for hydroxylation is 3. The molecule has 30 heavy (non-hydrogen) atoms. The van der Waals surface area contributed by atoms with Crippen molar-refractivity contribution in [2.45, 2.75) is 60.2 Å². The molecule has 3 rings (SSSR count). The van der Waals surface area contributed by atoms with E-state index >= 15 is 0 Å². The number of thiophene rings is 1. The summed E-state index contributed by atoms with van der Waals surface area (Å²) < 4.78 is 7.20. The molecule has 0 aliphatic heterocycles. The number of hydrogen-bond acceptors (Lipinski definition) is 6. The molecule has 0 aliphatic carbocycles. The summed E-state index contributed by atoms with van der Waals surface area (Å²) in [4.78, 5) is 16.6. The molecule has 1 N–H and O–H groups in total. The highest BCUT2D eigenvalue weighted by Gasteiger charge is 2.21. The minimum atomic E-state index is -0.205. The highest BCUT2D eigenvalue weighted by atomic mass is 32.1. The number of hydrogen-bond donors (Lipinski definition) is 1. The van der Waals surface area contributed by atoms with Crippen LogP contribution in [0.5, 0.6) is 0 Å². The van der Waals surface area contributed by atoms with Gasteiger partial charge in [0.1, 0.15) is 5.76 Å². The Hall–Kier alpha value is -2.45. The lowest BCUT2D eigenvalue weighted by Gasteiger charge is -2.28. The second-order valence-corrected chi connectivity index (χ2v) is 8.75. The summed E-state index contributed by atoms with van der Waals surface area (Å²) in [7, 11) is 0. The first kappa shape index (κ1) is 22.2. The van der Waals surface area contributed by atoms with E-state index in [0.717, 1.165) is 36.5 Å². The van der Waals surface area contributed by atoms with Crippen molar-refractivity contribution >= 4 is 17.2 Å². The first-order valence-electron chi connectivity index (χ1n) is 10.4. The summed E-state index contributed by atoms with van der Waals surface area (Å²) in [5.41, 5.74) is 3.10. The van der Waals surface area contributed by atoms with E-state index in [-0.39, 0.29) is 5.91 Å². The normalized spacial score (nSPS) is 12.5. The molecule has 0 aromatic carbocycles. The van der Waals surface area contributed by atoms with Gasteiger partial charge in [-0.05, 0) is 51.6 Å². The van der Waals surface area contributed by atoms with Crippen LogP contribution < -0.4 is 5.32 Å². The smallest absolute Gasteiger partial charge is 0.273 e. The van der Waals surface area contributed by atoms with E-state index in [1.54, 1.807) is 11.3 Å². The topological polar surface area (TPSA) is 76.2 Å². The lowest BCUT2D eigenvalue weighted by molar-refractivity contribution is 0.0933. The standard InChI is InChI=1S/C22H31N5O2S/c1-6-16(3)26(13-19-8-7-11-30-19)10-9-23-22(28)21-20(18(5)29-25-21)14-27-17(4)12-15(2)24-27/h7-8,11-12,16H,6,9-10,13-14H2,1-5H3,(H,23,28)/t16-/m0/s1. The molecule has 1 amide bonds. The van der Waals surface area contributed by atoms with Crippen molar-refractivity contribution in [3.8, 4) is 0 Å². The van der Waals surface area contributed by atoms with Crippen LogP contribution in [-0.2, 0) is 13.1 Å². The number of carbonyl (C=O) groups is 1. The van der Waals surface area contributed by atoms with Crippen LogP contribution in [0.3, 0.4) is 0 Å². The molecule has 0 unspecified atom stereocenters. The fourth-order valence-electron chi connectivity index (χ4n) is 3.45. The highest BCUT2D eigenvalue weighted by Crippen LogP contribution is 2.17. The van der Waals surface area contributed by atoms with E-state index in [2.05, 4.69) is 51.8 Å². The predicted molar refractivity (Wildman–Crippen MR) is 119 cm³/mol. The predicted octanol–water partition coefficient (Wildman–Crippen LogP) is 3.94. The van der Waals surface area contributed by atoms with E-state index in [4.69, 9.17) is 4.52 Å². The van der Waals surface area contributed by atoms with Crippen LogP contribution in [0.15, 0.2) is 28.1 Å². The van der Waals surface area contributed by atoms with Gasteiger partial charge in [0.05, 0.1) is 12.2 Å². The van der Waals surface area contributed by atoms with Crippen LogP contribution in [0.25, 0.3) is 0 Å². The molecule has 0 spiro atoms. The van der Waals surface area contributed by atoms with Crippen LogP contribution >= 0.6 is 11.3 Å². The lowest BCUT2D eigenvalue weighted by atomic mass is 10.1. The highest BCUT2D eigenvalue weighted by molar-refractivity contribution is 7.09. The van der Waals surface area contributed by atoms with Crippen LogP contribution in [0.2, 0.25) is 0 Å². The fourth-order valence-corrected chi connectivity index (χ4v) is 4.18. The van der Waals surface area contributed by atoms with Gasteiger partial charge >= 0.3 is 0 Å². The van der Waals surface area contributed by atoms with Crippen LogP contribution in [0.1, 0.15) is 58.3 Å². The lowest BCUT2D eigenvalue weighted by Crippen LogP contribution is -2.39. The van der Waals surface area contributed by atoms with E-state index in [1.807, 2.05) is 31.5 Å². The van der Waals surface area contributed by atoms with E-state index < -0.39 is 0 Å². The summed E-state index contributed by atoms with van der Waals surface area (Å²) in [6.07, 6.45) is 1.06. The number of nitrogens with one attached hydrogen (secondary N) is 1. The van der Waals surface area contributed by atoms with E-state index in [1.165, 1.54) is 4.88 Å². The third-order valence-electron chi connectivity index (χ3n) is 5.45. The zero-order chi connectivity index (χ0) is 21.7. The number of amides is 1. The van der Waals surface area contributed by atoms with Crippen molar-refractivity contribution in [2.75, 3.05) is 13.1 Å². The number of aromatic nitrogens is 3. The number of nitrogens with zero attached hydrogens (tertiary/aromatic N) is 4. The van der Waals surface area contributed by atoms with Gasteiger partial charge in [-0.1, -0.05) is 18.1 Å². The monoisotopic (exact) mass is 429 g/mol. The summed E-state index contributed by atoms with van der Waals surface area (Å²) in [5, 5.41) is 13.6. The summed E-state index contributed by atoms with van der Waals surface area (Å²) in [6.45, 7) is 12.9. The Morgan fingerprint density at radius 1 is 1.37 bits per heavy atom. The van der Waals surface area contributed by atoms with E-state index in [9.17, 15) is 4.79 Å². The molecule has 7 nitrogen and oxygen atoms in total. The molecule has 162 valence electrons. The largest absolute Gasteiger partial charge is 0.361 e. The molecule has 3 aromatic heterocycles. The third-order valence-corrected chi connectivity index (χ3v) is 6.31. The van der Waals surface area contributed by atoms with Crippen LogP contribution in [0, 0.1) is 20.8 Å². The van der Waals surface area contributed by atoms with Gasteiger partial charge in [-0.2, -0.15) is 5.10 Å². The maximum atomic E-state index is 12.8. The molecule has 0 aliphatic rings. The van der Waals surface area contributed by atoms with Gasteiger partial charge in [-0.15, -0.1) is 11.3 Å². The average molecular weight is 430 g/mol. The quantitative estimate of drug-likeness (QED) is 0.528. The average Bonchev–Trinajstić information content (AvgIpc) is 3.43. The third kappa shape index (κ3) is 5.37. The maximum absolute atomic E-state index is 12.8. The second kappa shape index (κ2) is 10.0. The molecule has 3 aromatic rings. The minimum Gasteiger partial charge on any atom is -0.361 e. The zero-order valence-electron chi connectivity index (χ0n) is 18.4. The van der Waals surface area contributed by atoms with Gasteiger partial charge in [0.25, 0.3) is 5.91 Å². The Balaban J connectivity index is 1.62. The van der Waals surface area contributed by atoms with Crippen molar-refractivity contribution in [3.63, 3.8) is 0 Å². The van der Waals surface area contributed by atoms with Gasteiger partial charge in [-0.3, -0.25) is 14.4 Å². The fraction of sp³-hybridized carbons (Fsp3) is 0.500. The first-order chi connectivity index (χ1) is 14.4. The van der Waals surface area contributed by atoms with Crippen LogP contribution in [0.4, 0.5) is 0 Å².